The number of alkyl halides is 1. The lowest BCUT2D eigenvalue weighted by Crippen LogP contribution is -2.12. The first-order valence-electron chi connectivity index (χ1n) is 14.5. The van der Waals surface area contributed by atoms with Gasteiger partial charge in [0.15, 0.2) is 0 Å². The fourth-order valence-corrected chi connectivity index (χ4v) is 6.72. The molecular weight excluding hydrogens is 618 g/mol. The van der Waals surface area contributed by atoms with Crippen LogP contribution in [0.4, 0.5) is 13.2 Å². The number of aromatic nitrogens is 1. The molecule has 1 amide bonds. The number of carbonyl (C=O) groups is 1. The molecule has 0 aliphatic carbocycles. The molecular formula is C38H25F3N4OS. The van der Waals surface area contributed by atoms with Crippen LogP contribution in [0, 0.1) is 41.2 Å². The molecule has 1 heterocycles. The molecule has 1 aromatic heterocycles. The summed E-state index contributed by atoms with van der Waals surface area (Å²) in [5, 5.41) is 21.2. The lowest BCUT2D eigenvalue weighted by molar-refractivity contribution is 0.0999. The van der Waals surface area contributed by atoms with Crippen molar-refractivity contribution in [2.45, 2.75) is 24.9 Å². The van der Waals surface area contributed by atoms with Crippen molar-refractivity contribution in [3.63, 3.8) is 0 Å². The van der Waals surface area contributed by atoms with Crippen molar-refractivity contribution in [2.24, 2.45) is 5.73 Å². The summed E-state index contributed by atoms with van der Waals surface area (Å²) in [7, 11) is 0. The number of amides is 1. The van der Waals surface area contributed by atoms with E-state index >= 15 is 8.78 Å². The zero-order valence-electron chi connectivity index (χ0n) is 25.2. The predicted octanol–water partition coefficient (Wildman–Crippen LogP) is 9.66. The summed E-state index contributed by atoms with van der Waals surface area (Å²) in [5.41, 5.74) is 9.79. The second-order valence-electron chi connectivity index (χ2n) is 11.0. The Morgan fingerprint density at radius 1 is 0.809 bits per heavy atom. The molecule has 0 aliphatic heterocycles. The Morgan fingerprint density at radius 3 is 2.02 bits per heavy atom. The minimum Gasteiger partial charge on any atom is -0.366 e. The second kappa shape index (κ2) is 12.6. The van der Waals surface area contributed by atoms with Crippen LogP contribution in [0.1, 0.15) is 45.7 Å². The zero-order valence-corrected chi connectivity index (χ0v) is 26.0. The average molecular weight is 643 g/mol. The first kappa shape index (κ1) is 31.2. The highest BCUT2D eigenvalue weighted by Crippen LogP contribution is 2.47. The maximum Gasteiger partial charge on any atom is 0.248 e. The minimum absolute atomic E-state index is 0.202. The maximum atomic E-state index is 15.3. The second-order valence-corrected chi connectivity index (χ2v) is 12.0. The smallest absolute Gasteiger partial charge is 0.248 e. The molecule has 1 atom stereocenters. The molecule has 0 spiro atoms. The normalized spacial score (nSPS) is 11.6. The van der Waals surface area contributed by atoms with Crippen LogP contribution >= 0.6 is 11.9 Å². The molecule has 6 aromatic rings. The van der Waals surface area contributed by atoms with Crippen LogP contribution in [0.25, 0.3) is 44.4 Å². The van der Waals surface area contributed by atoms with Crippen LogP contribution in [-0.4, -0.2) is 9.88 Å². The van der Waals surface area contributed by atoms with Crippen LogP contribution in [0.3, 0.4) is 0 Å². The van der Waals surface area contributed by atoms with Gasteiger partial charge in [-0.1, -0.05) is 48.0 Å². The minimum atomic E-state index is -1.14. The number of hydrogen-bond donors (Lipinski definition) is 1. The van der Waals surface area contributed by atoms with Gasteiger partial charge in [-0.3, -0.25) is 8.77 Å². The summed E-state index contributed by atoms with van der Waals surface area (Å²) in [4.78, 5) is 12.4. The van der Waals surface area contributed by atoms with E-state index in [0.29, 0.717) is 27.9 Å². The van der Waals surface area contributed by atoms with Gasteiger partial charge in [0.25, 0.3) is 0 Å². The van der Waals surface area contributed by atoms with Crippen LogP contribution in [-0.2, 0) is 0 Å². The molecule has 0 saturated carbocycles. The lowest BCUT2D eigenvalue weighted by Gasteiger charge is -2.15. The number of fused-ring (bicyclic) bond motifs is 1. The Bertz CT molecular complexity index is 2240. The van der Waals surface area contributed by atoms with Gasteiger partial charge in [0, 0.05) is 32.5 Å². The molecule has 47 heavy (non-hydrogen) atoms. The number of nitrogens with zero attached hydrogens (tertiary/aromatic N) is 3. The lowest BCUT2D eigenvalue weighted by atomic mass is 9.90. The fraction of sp³-hybridized carbons (Fsp3) is 0.0789. The summed E-state index contributed by atoms with van der Waals surface area (Å²) >= 11 is 1.35. The Hall–Kier alpha value is -5.77. The van der Waals surface area contributed by atoms with Crippen molar-refractivity contribution in [1.29, 1.82) is 10.5 Å². The molecule has 1 unspecified atom stereocenters. The van der Waals surface area contributed by atoms with E-state index in [0.717, 1.165) is 33.5 Å². The first-order valence-corrected chi connectivity index (χ1v) is 15.3. The summed E-state index contributed by atoms with van der Waals surface area (Å²) in [5.74, 6) is -2.86. The first-order chi connectivity index (χ1) is 22.6. The van der Waals surface area contributed by atoms with Gasteiger partial charge in [0.05, 0.1) is 40.0 Å². The summed E-state index contributed by atoms with van der Waals surface area (Å²) in [6, 6.07) is 30.7. The highest BCUT2D eigenvalue weighted by Gasteiger charge is 2.26. The molecule has 230 valence electrons. The number of nitrogens with two attached hydrogens (primary N) is 1. The van der Waals surface area contributed by atoms with E-state index in [1.54, 1.807) is 54.6 Å². The van der Waals surface area contributed by atoms with E-state index in [4.69, 9.17) is 5.73 Å². The summed E-state index contributed by atoms with van der Waals surface area (Å²) < 4.78 is 46.7. The standard InChI is InChI=1S/C38H25F3N4OS/c1-21-9-14-33-30(15-21)36(34-26(19-42)7-4-8-27(34)20-43)37(45(33)47-29-12-10-23(11-13-29)22(2)39)25-6-3-5-24(16-25)35-31(40)17-28(38(44)46)18-32(35)41/h3-18,22H,1-2H3,(H2,44,46). The number of rotatable bonds is 7. The van der Waals surface area contributed by atoms with Gasteiger partial charge < -0.3 is 5.73 Å². The van der Waals surface area contributed by atoms with Crippen LogP contribution in [0.2, 0.25) is 0 Å². The van der Waals surface area contributed by atoms with Crippen molar-refractivity contribution < 1.29 is 18.0 Å². The third-order valence-corrected chi connectivity index (χ3v) is 8.97. The predicted molar refractivity (Wildman–Crippen MR) is 178 cm³/mol. The summed E-state index contributed by atoms with van der Waals surface area (Å²) in [6.07, 6.45) is -1.14. The number of halogens is 3. The molecule has 9 heteroatoms. The van der Waals surface area contributed by atoms with Crippen LogP contribution in [0.5, 0.6) is 0 Å². The maximum absolute atomic E-state index is 15.3. The quantitative estimate of drug-likeness (QED) is 0.188. The van der Waals surface area contributed by atoms with E-state index in [1.165, 1.54) is 18.9 Å². The van der Waals surface area contributed by atoms with Crippen molar-refractivity contribution in [1.82, 2.24) is 3.97 Å². The molecule has 0 aliphatic rings. The van der Waals surface area contributed by atoms with Gasteiger partial charge in [-0.25, -0.2) is 13.2 Å². The number of primary amides is 1. The average Bonchev–Trinajstić information content (AvgIpc) is 3.36. The number of hydrogen-bond acceptors (Lipinski definition) is 4. The van der Waals surface area contributed by atoms with E-state index in [9.17, 15) is 19.7 Å². The van der Waals surface area contributed by atoms with Crippen LogP contribution in [0.15, 0.2) is 102 Å². The molecule has 5 aromatic carbocycles. The largest absolute Gasteiger partial charge is 0.366 e. The number of benzene rings is 5. The van der Waals surface area contributed by atoms with Gasteiger partial charge >= 0.3 is 0 Å². The zero-order chi connectivity index (χ0) is 33.4. The molecule has 2 N–H and O–H groups in total. The molecule has 5 nitrogen and oxygen atoms in total. The van der Waals surface area contributed by atoms with E-state index < -0.39 is 23.7 Å². The van der Waals surface area contributed by atoms with Crippen molar-refractivity contribution in [3.8, 4) is 45.6 Å². The van der Waals surface area contributed by atoms with E-state index in [-0.39, 0.29) is 27.8 Å². The molecule has 0 fully saturated rings. The van der Waals surface area contributed by atoms with Crippen LogP contribution < -0.4 is 5.73 Å². The molecule has 0 bridgehead atoms. The highest BCUT2D eigenvalue weighted by molar-refractivity contribution is 7.98. The highest BCUT2D eigenvalue weighted by atomic mass is 32.2. The summed E-state index contributed by atoms with van der Waals surface area (Å²) in [6.45, 7) is 3.40. The Labute approximate surface area is 273 Å². The Morgan fingerprint density at radius 2 is 1.43 bits per heavy atom. The van der Waals surface area contributed by atoms with Gasteiger partial charge in [0.1, 0.15) is 17.8 Å². The van der Waals surface area contributed by atoms with Gasteiger partial charge in [-0.2, -0.15) is 10.5 Å². The Kier molecular flexibility index (Phi) is 8.34. The molecule has 6 rings (SSSR count). The number of nitriles is 2. The van der Waals surface area contributed by atoms with Gasteiger partial charge in [0.2, 0.25) is 5.91 Å². The van der Waals surface area contributed by atoms with Gasteiger partial charge in [-0.05, 0) is 91.5 Å². The number of aryl methyl sites for hydroxylation is 1. The third-order valence-electron chi connectivity index (χ3n) is 7.92. The number of carbonyl (C=O) groups excluding carboxylic acids is 1. The van der Waals surface area contributed by atoms with Crippen molar-refractivity contribution >= 4 is 28.8 Å². The molecule has 0 saturated heterocycles. The topological polar surface area (TPSA) is 95.6 Å². The van der Waals surface area contributed by atoms with E-state index in [2.05, 4.69) is 12.1 Å². The Balaban J connectivity index is 1.69. The van der Waals surface area contributed by atoms with Gasteiger partial charge in [-0.15, -0.1) is 0 Å². The molecule has 0 radical (unpaired) electrons. The van der Waals surface area contributed by atoms with Crippen molar-refractivity contribution in [2.75, 3.05) is 0 Å². The third kappa shape index (κ3) is 5.74. The monoisotopic (exact) mass is 642 g/mol. The SMILES string of the molecule is Cc1ccc2c(c1)c(-c1c(C#N)cccc1C#N)c(-c1cccc(-c3c(F)cc(C(N)=O)cc3F)c1)n2Sc1ccc(C(C)F)cc1. The fourth-order valence-electron chi connectivity index (χ4n) is 5.71. The van der Waals surface area contributed by atoms with Crippen molar-refractivity contribution in [3.05, 3.63) is 137 Å². The van der Waals surface area contributed by atoms with E-state index in [1.807, 2.05) is 41.2 Å².